The second-order valence-electron chi connectivity index (χ2n) is 18.3. The molecule has 2 heterocycles. The van der Waals surface area contributed by atoms with Crippen LogP contribution in [-0.4, -0.2) is 105 Å². The molecule has 0 aromatic carbocycles. The van der Waals surface area contributed by atoms with Crippen LogP contribution >= 0.6 is 0 Å². The lowest BCUT2D eigenvalue weighted by molar-refractivity contribution is -0.357. The number of carbonyl (C=O) groups is 1. The molecule has 2 aliphatic heterocycles. The van der Waals surface area contributed by atoms with Crippen molar-refractivity contribution in [1.29, 1.82) is 0 Å². The average Bonchev–Trinajstić information content (AvgIpc) is 3.05. The van der Waals surface area contributed by atoms with Gasteiger partial charge in [-0.2, -0.15) is 0 Å². The van der Waals surface area contributed by atoms with Gasteiger partial charge in [0.05, 0.1) is 25.2 Å². The molecule has 0 unspecified atom stereocenters. The van der Waals surface area contributed by atoms with Crippen molar-refractivity contribution in [3.05, 3.63) is 23.8 Å². The third-order valence-corrected chi connectivity index (χ3v) is 15.7. The van der Waals surface area contributed by atoms with E-state index >= 15 is 0 Å². The van der Waals surface area contributed by atoms with E-state index in [1.165, 1.54) is 5.57 Å². The fraction of sp³-hybridized carbons (Fsp3) is 0.872. The van der Waals surface area contributed by atoms with Crippen LogP contribution in [0.5, 0.6) is 0 Å². The standard InChI is InChI=1S/C39H60O11/c1-19-15-21-20(22(16-19)33(45)46)9-13-38(5)23(21)7-8-27-37(4)12-11-28(36(2,3)26(37)10-14-39(27,38)6)49-35-32(30(43)25(41)18-48-35)50-34-31(44)29(42)24(40)17-47-34/h7,20-22,24-32,34-35,40-44H,1,8-18H2,2-6H3,(H,45,46)/t20-,21+,22+,24+,25+,26+,27+,28-,29+,30-,31-,32+,34-,35-,37-,38+,39+/m1/s1. The first-order valence-corrected chi connectivity index (χ1v) is 19.0. The maximum Gasteiger partial charge on any atom is 0.307 e. The zero-order chi connectivity index (χ0) is 36.1. The van der Waals surface area contributed by atoms with Gasteiger partial charge in [-0.25, -0.2) is 0 Å². The number of aliphatic hydroxyl groups excluding tert-OH is 5. The molecule has 6 N–H and O–H groups in total. The Kier molecular flexibility index (Phi) is 9.51. The third kappa shape index (κ3) is 5.51. The number of carboxylic acids is 1. The highest BCUT2D eigenvalue weighted by Crippen LogP contribution is 2.74. The average molecular weight is 705 g/mol. The van der Waals surface area contributed by atoms with E-state index in [9.17, 15) is 35.4 Å². The van der Waals surface area contributed by atoms with Crippen molar-refractivity contribution in [3.63, 3.8) is 0 Å². The van der Waals surface area contributed by atoms with Gasteiger partial charge in [-0.3, -0.25) is 4.79 Å². The zero-order valence-corrected chi connectivity index (χ0v) is 30.4. The van der Waals surface area contributed by atoms with E-state index < -0.39 is 55.2 Å². The van der Waals surface area contributed by atoms with Crippen molar-refractivity contribution in [2.45, 2.75) is 148 Å². The van der Waals surface area contributed by atoms with Gasteiger partial charge < -0.3 is 49.6 Å². The molecule has 0 bridgehead atoms. The van der Waals surface area contributed by atoms with Gasteiger partial charge in [-0.15, -0.1) is 0 Å². The predicted octanol–water partition coefficient (Wildman–Crippen LogP) is 3.55. The first-order chi connectivity index (χ1) is 23.4. The Hall–Kier alpha value is -1.41. The summed E-state index contributed by atoms with van der Waals surface area (Å²) in [5.41, 5.74) is 2.39. The van der Waals surface area contributed by atoms with E-state index in [0.717, 1.165) is 56.9 Å². The molecular formula is C39H60O11. The molecule has 282 valence electrons. The molecule has 5 aliphatic carbocycles. The summed E-state index contributed by atoms with van der Waals surface area (Å²) in [6, 6.07) is 0. The summed E-state index contributed by atoms with van der Waals surface area (Å²) >= 11 is 0. The second-order valence-corrected chi connectivity index (χ2v) is 18.3. The largest absolute Gasteiger partial charge is 0.481 e. The monoisotopic (exact) mass is 704 g/mol. The number of hydrogen-bond acceptors (Lipinski definition) is 10. The predicted molar refractivity (Wildman–Crippen MR) is 181 cm³/mol. The number of aliphatic hydroxyl groups is 5. The van der Waals surface area contributed by atoms with Crippen LogP contribution in [0.3, 0.4) is 0 Å². The lowest BCUT2D eigenvalue weighted by atomic mass is 9.34. The summed E-state index contributed by atoms with van der Waals surface area (Å²) in [5.74, 6) is 0.199. The van der Waals surface area contributed by atoms with Crippen LogP contribution in [0, 0.1) is 51.2 Å². The summed E-state index contributed by atoms with van der Waals surface area (Å²) in [6.07, 6.45) is 0.000942. The second kappa shape index (κ2) is 12.9. The van der Waals surface area contributed by atoms with Crippen LogP contribution in [0.15, 0.2) is 23.8 Å². The number of hydrogen-bond donors (Lipinski definition) is 6. The Morgan fingerprint density at radius 2 is 1.50 bits per heavy atom. The molecule has 0 aromatic heterocycles. The summed E-state index contributed by atoms with van der Waals surface area (Å²) in [5, 5.41) is 62.2. The SMILES string of the molecule is C=C1C[C@H](C(=O)O)[C@@H]2CC[C@@]3(C)C(=CC[C@H]4[C@]5(C)CC[C@@H](O[C@H]6OC[C@H](O)[C@@H](O)[C@@H]6O[C@H]6OC[C@H](O)[C@H](O)[C@H]6O)C(C)(C)[C@@H]5CC[C@@]43C)[C@H]2C1. The first kappa shape index (κ1) is 36.9. The van der Waals surface area contributed by atoms with Crippen LogP contribution in [0.4, 0.5) is 0 Å². The Labute approximate surface area is 296 Å². The Morgan fingerprint density at radius 3 is 2.20 bits per heavy atom. The number of rotatable bonds is 5. The first-order valence-electron chi connectivity index (χ1n) is 19.0. The van der Waals surface area contributed by atoms with Crippen molar-refractivity contribution < 1.29 is 54.4 Å². The molecule has 50 heavy (non-hydrogen) atoms. The summed E-state index contributed by atoms with van der Waals surface area (Å²) < 4.78 is 24.1. The number of ether oxygens (including phenoxy) is 4. The molecule has 4 saturated carbocycles. The lowest BCUT2D eigenvalue weighted by Crippen LogP contribution is -2.65. The third-order valence-electron chi connectivity index (χ3n) is 15.7. The molecule has 0 aromatic rings. The van der Waals surface area contributed by atoms with E-state index in [2.05, 4.69) is 47.3 Å². The van der Waals surface area contributed by atoms with E-state index in [1.54, 1.807) is 0 Å². The minimum absolute atomic E-state index is 0.00389. The molecule has 2 saturated heterocycles. The fourth-order valence-corrected chi connectivity index (χ4v) is 12.8. The van der Waals surface area contributed by atoms with Crippen LogP contribution in [0.25, 0.3) is 0 Å². The summed E-state index contributed by atoms with van der Waals surface area (Å²) in [4.78, 5) is 12.3. The van der Waals surface area contributed by atoms with Gasteiger partial charge in [0.15, 0.2) is 12.6 Å². The molecular weight excluding hydrogens is 644 g/mol. The van der Waals surface area contributed by atoms with E-state index in [1.807, 2.05) is 0 Å². The molecule has 11 nitrogen and oxygen atoms in total. The highest BCUT2D eigenvalue weighted by molar-refractivity contribution is 5.71. The molecule has 0 amide bonds. The Balaban J connectivity index is 1.11. The van der Waals surface area contributed by atoms with Gasteiger partial charge in [0.2, 0.25) is 0 Å². The molecule has 11 heteroatoms. The van der Waals surface area contributed by atoms with Crippen molar-refractivity contribution in [1.82, 2.24) is 0 Å². The lowest BCUT2D eigenvalue weighted by Gasteiger charge is -2.70. The van der Waals surface area contributed by atoms with E-state index in [-0.39, 0.29) is 58.7 Å². The number of carboxylic acid groups (broad SMARTS) is 1. The van der Waals surface area contributed by atoms with E-state index in [0.29, 0.717) is 18.3 Å². The highest BCUT2D eigenvalue weighted by Gasteiger charge is 2.67. The van der Waals surface area contributed by atoms with E-state index in [4.69, 9.17) is 18.9 Å². The highest BCUT2D eigenvalue weighted by atomic mass is 16.7. The Bertz CT molecular complexity index is 1360. The van der Waals surface area contributed by atoms with Crippen molar-refractivity contribution in [2.75, 3.05) is 13.2 Å². The molecule has 7 aliphatic rings. The zero-order valence-electron chi connectivity index (χ0n) is 30.4. The van der Waals surface area contributed by atoms with Gasteiger partial charge in [0.25, 0.3) is 0 Å². The molecule has 0 radical (unpaired) electrons. The van der Waals surface area contributed by atoms with Crippen LogP contribution < -0.4 is 0 Å². The van der Waals surface area contributed by atoms with Gasteiger partial charge in [-0.1, -0.05) is 58.4 Å². The van der Waals surface area contributed by atoms with Gasteiger partial charge in [0.1, 0.15) is 36.6 Å². The van der Waals surface area contributed by atoms with Crippen molar-refractivity contribution in [2.24, 2.45) is 51.2 Å². The normalized spacial score (nSPS) is 53.2. The van der Waals surface area contributed by atoms with Gasteiger partial charge in [-0.05, 0) is 103 Å². The minimum Gasteiger partial charge on any atom is -0.481 e. The molecule has 0 spiro atoms. The smallest absolute Gasteiger partial charge is 0.307 e. The molecule has 17 atom stereocenters. The summed E-state index contributed by atoms with van der Waals surface area (Å²) in [7, 11) is 0. The van der Waals surface area contributed by atoms with Crippen molar-refractivity contribution in [3.8, 4) is 0 Å². The van der Waals surface area contributed by atoms with Crippen LogP contribution in [0.2, 0.25) is 0 Å². The maximum absolute atomic E-state index is 12.3. The maximum atomic E-state index is 12.3. The topological polar surface area (TPSA) is 175 Å². The fourth-order valence-electron chi connectivity index (χ4n) is 12.8. The molecule has 7 rings (SSSR count). The summed E-state index contributed by atoms with van der Waals surface area (Å²) in [6.45, 7) is 15.9. The Morgan fingerprint density at radius 1 is 0.820 bits per heavy atom. The number of fused-ring (bicyclic) bond motifs is 7. The quantitative estimate of drug-likeness (QED) is 0.182. The van der Waals surface area contributed by atoms with Gasteiger partial charge in [0, 0.05) is 0 Å². The minimum atomic E-state index is -1.56. The number of allylic oxidation sites excluding steroid dienone is 3. The van der Waals surface area contributed by atoms with Crippen LogP contribution in [-0.2, 0) is 23.7 Å². The van der Waals surface area contributed by atoms with Crippen molar-refractivity contribution >= 4 is 5.97 Å². The van der Waals surface area contributed by atoms with Gasteiger partial charge >= 0.3 is 5.97 Å². The van der Waals surface area contributed by atoms with Crippen LogP contribution in [0.1, 0.15) is 92.4 Å². The molecule has 6 fully saturated rings. The number of aliphatic carboxylic acids is 1.